The summed E-state index contributed by atoms with van der Waals surface area (Å²) in [5, 5.41) is 8.54. The van der Waals surface area contributed by atoms with Crippen LogP contribution in [0.2, 0.25) is 0 Å². The Labute approximate surface area is 77.4 Å². The highest BCUT2D eigenvalue weighted by molar-refractivity contribution is 6.02. The lowest BCUT2D eigenvalue weighted by Gasteiger charge is -2.01. The van der Waals surface area contributed by atoms with Gasteiger partial charge in [0.25, 0.3) is 0 Å². The summed E-state index contributed by atoms with van der Waals surface area (Å²) in [4.78, 5) is 21.6. The predicted octanol–water partition coefficient (Wildman–Crippen LogP) is 1.06. The van der Waals surface area contributed by atoms with Gasteiger partial charge in [-0.25, -0.2) is 4.79 Å². The van der Waals surface area contributed by atoms with Gasteiger partial charge in [0.2, 0.25) is 0 Å². The molecule has 0 aromatic carbocycles. The summed E-state index contributed by atoms with van der Waals surface area (Å²) in [6.07, 6.45) is 1.96. The van der Waals surface area contributed by atoms with Crippen LogP contribution in [0.1, 0.15) is 33.1 Å². The molecule has 0 bridgehead atoms. The lowest BCUT2D eigenvalue weighted by atomic mass is 10.1. The van der Waals surface area contributed by atoms with E-state index >= 15 is 0 Å². The van der Waals surface area contributed by atoms with Crippen molar-refractivity contribution in [3.05, 3.63) is 11.3 Å². The monoisotopic (exact) mass is 185 g/mol. The lowest BCUT2D eigenvalue weighted by molar-refractivity contribution is -0.133. The largest absolute Gasteiger partial charge is 0.478 e. The maximum atomic E-state index is 11.2. The summed E-state index contributed by atoms with van der Waals surface area (Å²) in [7, 11) is 0. The van der Waals surface area contributed by atoms with Gasteiger partial charge >= 0.3 is 5.97 Å². The molecule has 0 aromatic heterocycles. The highest BCUT2D eigenvalue weighted by Gasteiger charge is 2.12. The van der Waals surface area contributed by atoms with E-state index in [0.29, 0.717) is 6.42 Å². The third kappa shape index (κ3) is 3.73. The minimum atomic E-state index is -1.14. The van der Waals surface area contributed by atoms with Crippen molar-refractivity contribution in [2.24, 2.45) is 5.73 Å². The van der Waals surface area contributed by atoms with Gasteiger partial charge in [-0.1, -0.05) is 13.3 Å². The third-order valence-electron chi connectivity index (χ3n) is 1.78. The molecule has 0 aliphatic heterocycles. The first-order chi connectivity index (χ1) is 6.00. The number of hydrogen-bond acceptors (Lipinski definition) is 3. The number of carbonyl (C=O) groups is 2. The molecule has 0 fully saturated rings. The minimum Gasteiger partial charge on any atom is -0.478 e. The molecule has 0 aromatic rings. The molecular weight excluding hydrogens is 170 g/mol. The van der Waals surface area contributed by atoms with Gasteiger partial charge in [-0.2, -0.15) is 0 Å². The Hall–Kier alpha value is -1.32. The number of allylic oxidation sites excluding steroid dienone is 1. The Balaban J connectivity index is 4.40. The van der Waals surface area contributed by atoms with E-state index in [0.717, 1.165) is 12.8 Å². The van der Waals surface area contributed by atoms with Crippen molar-refractivity contribution in [2.75, 3.05) is 0 Å². The Morgan fingerprint density at radius 1 is 1.38 bits per heavy atom. The number of unbranched alkanes of at least 4 members (excludes halogenated alkanes) is 1. The standard InChI is InChI=1S/C9H15NO3/c1-3-4-5-7(11)8(10)6(2)9(12)13/h3-5,10H2,1-2H3,(H,12,13)/b8-6-. The molecule has 0 saturated heterocycles. The molecule has 0 unspecified atom stereocenters. The number of ketones is 1. The first kappa shape index (κ1) is 11.7. The van der Waals surface area contributed by atoms with Gasteiger partial charge in [0.1, 0.15) is 0 Å². The normalized spacial score (nSPS) is 12.2. The van der Waals surface area contributed by atoms with Crippen molar-refractivity contribution >= 4 is 11.8 Å². The zero-order valence-corrected chi connectivity index (χ0v) is 7.96. The number of hydrogen-bond donors (Lipinski definition) is 2. The zero-order chi connectivity index (χ0) is 10.4. The van der Waals surface area contributed by atoms with Crippen LogP contribution in [0.5, 0.6) is 0 Å². The van der Waals surface area contributed by atoms with Crippen molar-refractivity contribution in [1.29, 1.82) is 0 Å². The number of Topliss-reactive ketones (excluding diaryl/α,β-unsaturated/α-hetero) is 1. The smallest absolute Gasteiger partial charge is 0.333 e. The van der Waals surface area contributed by atoms with E-state index in [4.69, 9.17) is 10.8 Å². The average Bonchev–Trinajstić information content (AvgIpc) is 2.11. The molecule has 4 nitrogen and oxygen atoms in total. The van der Waals surface area contributed by atoms with Crippen molar-refractivity contribution in [1.82, 2.24) is 0 Å². The molecule has 0 heterocycles. The fourth-order valence-electron chi connectivity index (χ4n) is 0.796. The number of carbonyl (C=O) groups excluding carboxylic acids is 1. The summed E-state index contributed by atoms with van der Waals surface area (Å²) in [5.74, 6) is -1.41. The maximum Gasteiger partial charge on any atom is 0.333 e. The molecule has 0 spiro atoms. The molecule has 0 radical (unpaired) electrons. The van der Waals surface area contributed by atoms with Gasteiger partial charge in [-0.15, -0.1) is 0 Å². The molecule has 3 N–H and O–H groups in total. The van der Waals surface area contributed by atoms with Gasteiger partial charge in [0, 0.05) is 6.42 Å². The molecule has 0 amide bonds. The van der Waals surface area contributed by atoms with Crippen LogP contribution in [-0.2, 0) is 9.59 Å². The topological polar surface area (TPSA) is 80.4 Å². The van der Waals surface area contributed by atoms with Crippen molar-refractivity contribution < 1.29 is 14.7 Å². The van der Waals surface area contributed by atoms with E-state index in [-0.39, 0.29) is 17.1 Å². The zero-order valence-electron chi connectivity index (χ0n) is 7.96. The van der Waals surface area contributed by atoms with Crippen LogP contribution in [0.15, 0.2) is 11.3 Å². The third-order valence-corrected chi connectivity index (χ3v) is 1.78. The molecule has 13 heavy (non-hydrogen) atoms. The second-order valence-electron chi connectivity index (χ2n) is 2.87. The second kappa shape index (κ2) is 5.35. The van der Waals surface area contributed by atoms with Crippen LogP contribution in [-0.4, -0.2) is 16.9 Å². The first-order valence-electron chi connectivity index (χ1n) is 4.23. The Kier molecular flexibility index (Phi) is 4.80. The van der Waals surface area contributed by atoms with Crippen LogP contribution in [0.4, 0.5) is 0 Å². The number of nitrogens with two attached hydrogens (primary N) is 1. The van der Waals surface area contributed by atoms with E-state index in [2.05, 4.69) is 0 Å². The number of carboxylic acids is 1. The summed E-state index contributed by atoms with van der Waals surface area (Å²) in [5.41, 5.74) is 5.16. The van der Waals surface area contributed by atoms with E-state index in [1.807, 2.05) is 6.92 Å². The van der Waals surface area contributed by atoms with Gasteiger partial charge in [0.15, 0.2) is 5.78 Å². The second-order valence-corrected chi connectivity index (χ2v) is 2.87. The molecule has 0 aliphatic rings. The summed E-state index contributed by atoms with van der Waals surface area (Å²) in [6.45, 7) is 3.29. The molecule has 74 valence electrons. The van der Waals surface area contributed by atoms with Gasteiger partial charge < -0.3 is 10.8 Å². The Morgan fingerprint density at radius 3 is 2.31 bits per heavy atom. The maximum absolute atomic E-state index is 11.2. The van der Waals surface area contributed by atoms with E-state index in [1.54, 1.807) is 0 Å². The first-order valence-corrected chi connectivity index (χ1v) is 4.23. The van der Waals surface area contributed by atoms with Crippen LogP contribution in [0.25, 0.3) is 0 Å². The van der Waals surface area contributed by atoms with Crippen LogP contribution < -0.4 is 5.73 Å². The predicted molar refractivity (Wildman–Crippen MR) is 49.1 cm³/mol. The molecular formula is C9H15NO3. The Bertz CT molecular complexity index is 243. The van der Waals surface area contributed by atoms with Crippen LogP contribution in [0, 0.1) is 0 Å². The lowest BCUT2D eigenvalue weighted by Crippen LogP contribution is -2.16. The van der Waals surface area contributed by atoms with Gasteiger partial charge in [-0.3, -0.25) is 4.79 Å². The SMILES string of the molecule is CCCCC(=O)/C(N)=C(\C)C(=O)O. The molecule has 4 heteroatoms. The van der Waals surface area contributed by atoms with Crippen molar-refractivity contribution in [2.45, 2.75) is 33.1 Å². The molecule has 0 rings (SSSR count). The van der Waals surface area contributed by atoms with Crippen molar-refractivity contribution in [3.8, 4) is 0 Å². The number of carboxylic acid groups (broad SMARTS) is 1. The molecule has 0 saturated carbocycles. The van der Waals surface area contributed by atoms with Gasteiger partial charge in [-0.05, 0) is 13.3 Å². The fourth-order valence-corrected chi connectivity index (χ4v) is 0.796. The van der Waals surface area contributed by atoms with E-state index in [1.165, 1.54) is 6.92 Å². The van der Waals surface area contributed by atoms with Crippen LogP contribution in [0.3, 0.4) is 0 Å². The van der Waals surface area contributed by atoms with Gasteiger partial charge in [0.05, 0.1) is 11.3 Å². The summed E-state index contributed by atoms with van der Waals surface area (Å²) < 4.78 is 0. The quantitative estimate of drug-likeness (QED) is 0.627. The summed E-state index contributed by atoms with van der Waals surface area (Å²) >= 11 is 0. The highest BCUT2D eigenvalue weighted by atomic mass is 16.4. The molecule has 0 atom stereocenters. The highest BCUT2D eigenvalue weighted by Crippen LogP contribution is 2.05. The fraction of sp³-hybridized carbons (Fsp3) is 0.556. The number of aliphatic carboxylic acids is 1. The van der Waals surface area contributed by atoms with Crippen molar-refractivity contribution in [3.63, 3.8) is 0 Å². The average molecular weight is 185 g/mol. The summed E-state index contributed by atoms with van der Waals surface area (Å²) in [6, 6.07) is 0. The minimum absolute atomic E-state index is 0.0684. The number of rotatable bonds is 5. The Morgan fingerprint density at radius 2 is 1.92 bits per heavy atom. The van der Waals surface area contributed by atoms with Crippen LogP contribution >= 0.6 is 0 Å². The van der Waals surface area contributed by atoms with E-state index in [9.17, 15) is 9.59 Å². The molecule has 0 aliphatic carbocycles. The van der Waals surface area contributed by atoms with E-state index < -0.39 is 5.97 Å².